The molecule has 2 aliphatic heterocycles. The van der Waals surface area contributed by atoms with Crippen LogP contribution in [0.25, 0.3) is 11.3 Å². The highest BCUT2D eigenvalue weighted by molar-refractivity contribution is 5.69. The van der Waals surface area contributed by atoms with Crippen LogP contribution < -0.4 is 14.8 Å². The maximum atomic E-state index is 14.6. The first-order chi connectivity index (χ1) is 13.8. The van der Waals surface area contributed by atoms with E-state index in [-0.39, 0.29) is 11.7 Å². The second kappa shape index (κ2) is 5.69. The fraction of sp³-hybridized carbons (Fsp3) is 0.211. The van der Waals surface area contributed by atoms with Gasteiger partial charge < -0.3 is 14.8 Å². The topological polar surface area (TPSA) is 78.5 Å². The number of nitrogens with one attached hydrogen (secondary N) is 1. The van der Waals surface area contributed by atoms with Crippen molar-refractivity contribution in [2.75, 3.05) is 18.5 Å². The number of anilines is 1. The molecule has 1 N–H and O–H groups in total. The minimum Gasteiger partial charge on any atom is -0.493 e. The fourth-order valence-electron chi connectivity index (χ4n) is 3.95. The number of nitrogens with zero attached hydrogens (tertiary/aromatic N) is 5. The molecule has 6 rings (SSSR count). The molecule has 5 heterocycles. The van der Waals surface area contributed by atoms with Gasteiger partial charge in [0.2, 0.25) is 0 Å². The molecule has 1 aromatic carbocycles. The van der Waals surface area contributed by atoms with Gasteiger partial charge in [0.15, 0.2) is 17.2 Å². The number of aromatic nitrogens is 5. The van der Waals surface area contributed by atoms with Crippen LogP contribution in [0.4, 0.5) is 10.2 Å². The number of pyridine rings is 1. The molecule has 9 heteroatoms. The second-order valence-electron chi connectivity index (χ2n) is 6.83. The predicted molar refractivity (Wildman–Crippen MR) is 97.6 cm³/mol. The van der Waals surface area contributed by atoms with Crippen LogP contribution in [0.5, 0.6) is 11.5 Å². The third-order valence-corrected chi connectivity index (χ3v) is 5.25. The van der Waals surface area contributed by atoms with Gasteiger partial charge >= 0.3 is 0 Å². The van der Waals surface area contributed by atoms with Gasteiger partial charge in [-0.1, -0.05) is 0 Å². The zero-order valence-electron chi connectivity index (χ0n) is 14.7. The molecule has 0 spiro atoms. The zero-order valence-corrected chi connectivity index (χ0v) is 14.7. The molecule has 1 atom stereocenters. The summed E-state index contributed by atoms with van der Waals surface area (Å²) in [6, 6.07) is 6.85. The van der Waals surface area contributed by atoms with Gasteiger partial charge in [-0.25, -0.2) is 9.07 Å². The van der Waals surface area contributed by atoms with Crippen molar-refractivity contribution in [2.45, 2.75) is 12.5 Å². The van der Waals surface area contributed by atoms with Crippen LogP contribution in [-0.4, -0.2) is 37.6 Å². The van der Waals surface area contributed by atoms with Crippen molar-refractivity contribution in [1.29, 1.82) is 0 Å². The third-order valence-electron chi connectivity index (χ3n) is 5.25. The normalized spacial score (nSPS) is 17.5. The summed E-state index contributed by atoms with van der Waals surface area (Å²) in [6.45, 7) is 1.16. The highest BCUT2D eigenvalue weighted by Gasteiger charge is 2.31. The summed E-state index contributed by atoms with van der Waals surface area (Å²) in [5, 5.41) is 15.9. The Hall–Kier alpha value is -3.62. The van der Waals surface area contributed by atoms with E-state index in [0.717, 1.165) is 17.0 Å². The van der Waals surface area contributed by atoms with Crippen LogP contribution in [0, 0.1) is 5.82 Å². The lowest BCUT2D eigenvalue weighted by Gasteiger charge is -2.16. The maximum Gasteiger partial charge on any atom is 0.188 e. The molecule has 0 radical (unpaired) electrons. The molecule has 0 saturated carbocycles. The van der Waals surface area contributed by atoms with E-state index in [1.165, 1.54) is 6.07 Å². The number of hydrogen-bond acceptors (Lipinski definition) is 6. The molecule has 0 saturated heterocycles. The maximum absolute atomic E-state index is 14.6. The van der Waals surface area contributed by atoms with Crippen LogP contribution in [0.3, 0.4) is 0 Å². The third kappa shape index (κ3) is 2.13. The quantitative estimate of drug-likeness (QED) is 0.548. The Morgan fingerprint density at radius 2 is 2.07 bits per heavy atom. The summed E-state index contributed by atoms with van der Waals surface area (Å²) in [6.07, 6.45) is 5.14. The fourth-order valence-corrected chi connectivity index (χ4v) is 3.95. The van der Waals surface area contributed by atoms with Crippen LogP contribution in [0.15, 0.2) is 43.0 Å². The van der Waals surface area contributed by atoms with E-state index in [1.54, 1.807) is 27.7 Å². The first-order valence-electron chi connectivity index (χ1n) is 8.97. The van der Waals surface area contributed by atoms with E-state index >= 15 is 0 Å². The molecule has 28 heavy (non-hydrogen) atoms. The van der Waals surface area contributed by atoms with Crippen LogP contribution in [0.1, 0.15) is 17.0 Å². The average Bonchev–Trinajstić information content (AvgIpc) is 3.45. The molecule has 3 aromatic heterocycles. The lowest BCUT2D eigenvalue weighted by Crippen LogP contribution is -2.13. The van der Waals surface area contributed by atoms with Crippen molar-refractivity contribution in [3.8, 4) is 17.2 Å². The van der Waals surface area contributed by atoms with Gasteiger partial charge in [0.05, 0.1) is 19.1 Å². The van der Waals surface area contributed by atoms with Crippen molar-refractivity contribution in [3.05, 3.63) is 59.9 Å². The molecular formula is C19H15FN6O2. The highest BCUT2D eigenvalue weighted by Crippen LogP contribution is 2.41. The molecule has 140 valence electrons. The second-order valence-corrected chi connectivity index (χ2v) is 6.83. The monoisotopic (exact) mass is 378 g/mol. The number of rotatable bonds is 1. The Kier molecular flexibility index (Phi) is 3.14. The Balaban J connectivity index is 1.53. The zero-order chi connectivity index (χ0) is 18.7. The summed E-state index contributed by atoms with van der Waals surface area (Å²) >= 11 is 0. The summed E-state index contributed by atoms with van der Waals surface area (Å²) in [5.74, 6) is 1.74. The van der Waals surface area contributed by atoms with Crippen molar-refractivity contribution >= 4 is 11.5 Å². The summed E-state index contributed by atoms with van der Waals surface area (Å²) in [7, 11) is 0. The SMILES string of the molecule is Fc1ccc2c3c1CNc1c(cc(-n4cccn4)c4nncn14)OC[C@@H]3CO2. The number of halogens is 1. The molecule has 0 amide bonds. The Bertz CT molecular complexity index is 1200. The predicted octanol–water partition coefficient (Wildman–Crippen LogP) is 2.53. The first kappa shape index (κ1) is 15.4. The van der Waals surface area contributed by atoms with Crippen LogP contribution in [-0.2, 0) is 6.54 Å². The van der Waals surface area contributed by atoms with E-state index in [1.807, 2.05) is 18.3 Å². The smallest absolute Gasteiger partial charge is 0.188 e. The van der Waals surface area contributed by atoms with E-state index < -0.39 is 0 Å². The van der Waals surface area contributed by atoms with Gasteiger partial charge in [0, 0.05) is 36.1 Å². The molecule has 0 fully saturated rings. The van der Waals surface area contributed by atoms with E-state index in [2.05, 4.69) is 20.6 Å². The van der Waals surface area contributed by atoms with E-state index in [4.69, 9.17) is 9.47 Å². The summed E-state index contributed by atoms with van der Waals surface area (Å²) in [4.78, 5) is 0. The van der Waals surface area contributed by atoms with Crippen LogP contribution in [0.2, 0.25) is 0 Å². The molecule has 2 aliphatic rings. The van der Waals surface area contributed by atoms with Gasteiger partial charge in [-0.3, -0.25) is 4.40 Å². The van der Waals surface area contributed by atoms with E-state index in [9.17, 15) is 4.39 Å². The molecule has 4 aromatic rings. The number of benzene rings is 1. The summed E-state index contributed by atoms with van der Waals surface area (Å²) < 4.78 is 30.0. The van der Waals surface area contributed by atoms with Gasteiger partial charge in [-0.05, 0) is 18.2 Å². The van der Waals surface area contributed by atoms with Gasteiger partial charge in [0.1, 0.15) is 23.6 Å². The number of hydrogen-bond donors (Lipinski definition) is 1. The molecule has 0 unspecified atom stereocenters. The van der Waals surface area contributed by atoms with Crippen molar-refractivity contribution in [2.24, 2.45) is 0 Å². The lowest BCUT2D eigenvalue weighted by atomic mass is 9.96. The van der Waals surface area contributed by atoms with Crippen molar-refractivity contribution < 1.29 is 13.9 Å². The molecule has 0 aliphatic carbocycles. The highest BCUT2D eigenvalue weighted by atomic mass is 19.1. The largest absolute Gasteiger partial charge is 0.493 e. The summed E-state index contributed by atoms with van der Waals surface area (Å²) in [5.41, 5.74) is 2.86. The van der Waals surface area contributed by atoms with Crippen molar-refractivity contribution in [3.63, 3.8) is 0 Å². The molecule has 8 nitrogen and oxygen atoms in total. The minimum absolute atomic E-state index is 0.0294. The van der Waals surface area contributed by atoms with Gasteiger partial charge in [-0.15, -0.1) is 10.2 Å². The number of fused-ring (bicyclic) bond motifs is 3. The standard InChI is InChI=1S/C19H15FN6O2/c20-13-2-3-15-17-11(8-27-15)9-28-16-6-14(26-5-1-4-23-26)18-24-22-10-25(18)19(16)21-7-12(13)17/h1-6,10-11,21H,7-9H2/t11-/m0/s1. The molecular weight excluding hydrogens is 363 g/mol. The first-order valence-corrected chi connectivity index (χ1v) is 8.97. The number of ether oxygens (including phenoxy) is 2. The van der Waals surface area contributed by atoms with Gasteiger partial charge in [-0.2, -0.15) is 5.10 Å². The Morgan fingerprint density at radius 1 is 1.18 bits per heavy atom. The van der Waals surface area contributed by atoms with E-state index in [0.29, 0.717) is 42.5 Å². The molecule has 0 bridgehead atoms. The Labute approximate surface area is 158 Å². The van der Waals surface area contributed by atoms with Crippen LogP contribution >= 0.6 is 0 Å². The van der Waals surface area contributed by atoms with Crippen molar-refractivity contribution in [1.82, 2.24) is 24.4 Å². The lowest BCUT2D eigenvalue weighted by molar-refractivity contribution is 0.249. The Morgan fingerprint density at radius 3 is 2.93 bits per heavy atom. The minimum atomic E-state index is -0.252. The average molecular weight is 378 g/mol. The van der Waals surface area contributed by atoms with Gasteiger partial charge in [0.25, 0.3) is 0 Å².